The summed E-state index contributed by atoms with van der Waals surface area (Å²) in [5.74, 6) is -1.00. The van der Waals surface area contributed by atoms with E-state index < -0.39 is 0 Å². The van der Waals surface area contributed by atoms with Crippen molar-refractivity contribution < 1.29 is 19.2 Å². The van der Waals surface area contributed by atoms with Gasteiger partial charge in [-0.25, -0.2) is 0 Å². The van der Waals surface area contributed by atoms with E-state index in [9.17, 15) is 19.2 Å². The SMILES string of the molecule is O=C1c2ccc3c4ccc5c6c(ccc(c7ccc(c2c37)C(=O)N1CCCCP)c64)C(=O)N(CCCCP)C5=O. The van der Waals surface area contributed by atoms with Crippen LogP contribution >= 0.6 is 18.5 Å². The number of nitrogens with zero attached hydrogens (tertiary/aromatic N) is 2. The van der Waals surface area contributed by atoms with Gasteiger partial charge < -0.3 is 0 Å². The monoisotopic (exact) mass is 566 g/mol. The van der Waals surface area contributed by atoms with Gasteiger partial charge in [0, 0.05) is 46.1 Å². The Morgan fingerprint density at radius 1 is 0.425 bits per heavy atom. The molecule has 40 heavy (non-hydrogen) atoms. The predicted octanol–water partition coefficient (Wildman–Crippen LogP) is 6.24. The van der Waals surface area contributed by atoms with Crippen LogP contribution in [0.3, 0.4) is 0 Å². The molecule has 0 radical (unpaired) electrons. The lowest BCUT2D eigenvalue weighted by Crippen LogP contribution is -2.41. The average molecular weight is 567 g/mol. The Hall–Kier alpha value is -3.46. The zero-order chi connectivity index (χ0) is 27.7. The number of amides is 4. The Labute approximate surface area is 235 Å². The summed E-state index contributed by atoms with van der Waals surface area (Å²) in [7, 11) is 5.37. The van der Waals surface area contributed by atoms with Gasteiger partial charge in [-0.15, -0.1) is 18.5 Å². The van der Waals surface area contributed by atoms with Crippen LogP contribution in [0.1, 0.15) is 67.1 Å². The van der Waals surface area contributed by atoms with E-state index in [1.807, 2.05) is 48.5 Å². The molecule has 0 aromatic heterocycles. The lowest BCUT2D eigenvalue weighted by atomic mass is 9.82. The molecule has 2 unspecified atom stereocenters. The van der Waals surface area contributed by atoms with E-state index in [1.165, 1.54) is 9.80 Å². The molecule has 2 atom stereocenters. The first-order valence-electron chi connectivity index (χ1n) is 13.8. The summed E-state index contributed by atoms with van der Waals surface area (Å²) in [6, 6.07) is 15.1. The van der Waals surface area contributed by atoms with E-state index in [1.54, 1.807) is 0 Å². The second-order valence-electron chi connectivity index (χ2n) is 10.7. The number of imide groups is 2. The van der Waals surface area contributed by atoms with Crippen molar-refractivity contribution in [1.82, 2.24) is 9.80 Å². The highest BCUT2D eigenvalue weighted by atomic mass is 31.0. The van der Waals surface area contributed by atoms with Gasteiger partial charge in [0.1, 0.15) is 0 Å². The van der Waals surface area contributed by atoms with Crippen molar-refractivity contribution in [2.45, 2.75) is 25.7 Å². The molecular formula is C32H28N2O4P2. The first kappa shape index (κ1) is 25.5. The standard InChI is InChI=1S/C32H28N2O4P2/c35-29-21-9-5-17-19-7-11-23-28-24(32(38)34(31(23)37)14-2-4-16-40)12-8-20(26(19)28)18-6-10-22(27(21)25(17)18)30(36)33(29)13-1-3-15-39/h5-12H,1-4,13-16,39-40H2. The molecular weight excluding hydrogens is 538 g/mol. The highest BCUT2D eigenvalue weighted by molar-refractivity contribution is 7.16. The maximum Gasteiger partial charge on any atom is 0.261 e. The highest BCUT2D eigenvalue weighted by Crippen LogP contribution is 2.46. The van der Waals surface area contributed by atoms with Gasteiger partial charge in [0.25, 0.3) is 23.6 Å². The number of benzene rings is 5. The fraction of sp³-hybridized carbons (Fsp3) is 0.250. The van der Waals surface area contributed by atoms with E-state index in [0.29, 0.717) is 46.1 Å². The second kappa shape index (κ2) is 9.58. The van der Waals surface area contributed by atoms with Gasteiger partial charge in [-0.2, -0.15) is 0 Å². The molecule has 5 aromatic carbocycles. The molecule has 0 bridgehead atoms. The lowest BCUT2D eigenvalue weighted by Gasteiger charge is -2.30. The van der Waals surface area contributed by atoms with Crippen LogP contribution in [0.25, 0.3) is 43.1 Å². The summed E-state index contributed by atoms with van der Waals surface area (Å²) < 4.78 is 0. The third-order valence-electron chi connectivity index (χ3n) is 8.48. The minimum Gasteiger partial charge on any atom is -0.274 e. The van der Waals surface area contributed by atoms with Crippen molar-refractivity contribution in [3.63, 3.8) is 0 Å². The van der Waals surface area contributed by atoms with Crippen LogP contribution in [0.15, 0.2) is 48.5 Å². The molecule has 4 amide bonds. The Balaban J connectivity index is 1.47. The normalized spacial score (nSPS) is 15.2. The van der Waals surface area contributed by atoms with Gasteiger partial charge in [-0.3, -0.25) is 29.0 Å². The maximum atomic E-state index is 13.5. The van der Waals surface area contributed by atoms with Crippen LogP contribution in [0.2, 0.25) is 0 Å². The largest absolute Gasteiger partial charge is 0.274 e. The Bertz CT molecular complexity index is 1670. The van der Waals surface area contributed by atoms with Crippen LogP contribution in [0.5, 0.6) is 0 Å². The highest BCUT2D eigenvalue weighted by Gasteiger charge is 2.36. The van der Waals surface area contributed by atoms with E-state index in [0.717, 1.165) is 70.3 Å². The molecule has 200 valence electrons. The van der Waals surface area contributed by atoms with Gasteiger partial charge in [-0.05, 0) is 94.6 Å². The summed E-state index contributed by atoms with van der Waals surface area (Å²) >= 11 is 0. The molecule has 6 nitrogen and oxygen atoms in total. The second-order valence-corrected chi connectivity index (χ2v) is 11.8. The zero-order valence-corrected chi connectivity index (χ0v) is 24.3. The van der Waals surface area contributed by atoms with Gasteiger partial charge in [0.2, 0.25) is 0 Å². The Kier molecular flexibility index (Phi) is 6.11. The van der Waals surface area contributed by atoms with Gasteiger partial charge in [0.05, 0.1) is 0 Å². The number of fused-ring (bicyclic) bond motifs is 2. The summed E-state index contributed by atoms with van der Waals surface area (Å²) in [5, 5.41) is 6.78. The smallest absolute Gasteiger partial charge is 0.261 e. The summed E-state index contributed by atoms with van der Waals surface area (Å²) in [5.41, 5.74) is 2.17. The van der Waals surface area contributed by atoms with Gasteiger partial charge in [-0.1, -0.05) is 24.3 Å². The van der Waals surface area contributed by atoms with E-state index in [2.05, 4.69) is 18.5 Å². The molecule has 0 saturated carbocycles. The third-order valence-corrected chi connectivity index (χ3v) is 9.29. The third kappa shape index (κ3) is 3.42. The first-order valence-corrected chi connectivity index (χ1v) is 15.4. The molecule has 0 spiro atoms. The first-order chi connectivity index (χ1) is 19.5. The number of unbranched alkanes of at least 4 members (excludes halogenated alkanes) is 2. The van der Waals surface area contributed by atoms with Crippen molar-refractivity contribution >= 4 is 85.2 Å². The molecule has 2 aliphatic rings. The Morgan fingerprint density at radius 3 is 1.00 bits per heavy atom. The molecule has 2 aliphatic heterocycles. The zero-order valence-electron chi connectivity index (χ0n) is 22.0. The molecule has 5 aromatic rings. The fourth-order valence-electron chi connectivity index (χ4n) is 6.60. The number of carbonyl (C=O) groups excluding carboxylic acids is 4. The van der Waals surface area contributed by atoms with Crippen molar-refractivity contribution in [2.24, 2.45) is 0 Å². The van der Waals surface area contributed by atoms with Crippen LogP contribution in [-0.4, -0.2) is 58.8 Å². The summed E-state index contributed by atoms with van der Waals surface area (Å²) in [6.07, 6.45) is 5.23. The number of carbonyl (C=O) groups is 4. The van der Waals surface area contributed by atoms with Crippen molar-refractivity contribution in [3.8, 4) is 0 Å². The van der Waals surface area contributed by atoms with E-state index in [-0.39, 0.29) is 23.6 Å². The topological polar surface area (TPSA) is 74.8 Å². The quantitative estimate of drug-likeness (QED) is 0.0733. The van der Waals surface area contributed by atoms with Crippen LogP contribution in [0, 0.1) is 0 Å². The van der Waals surface area contributed by atoms with Crippen molar-refractivity contribution in [3.05, 3.63) is 70.8 Å². The maximum absolute atomic E-state index is 13.5. The van der Waals surface area contributed by atoms with Crippen LogP contribution in [-0.2, 0) is 0 Å². The number of rotatable bonds is 8. The average Bonchev–Trinajstić information content (AvgIpc) is 2.97. The fourth-order valence-corrected chi connectivity index (χ4v) is 7.18. The number of hydrogen-bond acceptors (Lipinski definition) is 4. The van der Waals surface area contributed by atoms with Gasteiger partial charge >= 0.3 is 0 Å². The van der Waals surface area contributed by atoms with Crippen molar-refractivity contribution in [1.29, 1.82) is 0 Å². The lowest BCUT2D eigenvalue weighted by molar-refractivity contribution is 0.0593. The molecule has 0 saturated heterocycles. The molecule has 0 fully saturated rings. The molecule has 0 N–H and O–H groups in total. The minimum absolute atomic E-state index is 0.251. The minimum atomic E-state index is -0.251. The summed E-state index contributed by atoms with van der Waals surface area (Å²) in [6.45, 7) is 0.807. The van der Waals surface area contributed by atoms with Crippen molar-refractivity contribution in [2.75, 3.05) is 25.4 Å². The molecule has 8 heteroatoms. The molecule has 0 aliphatic carbocycles. The Morgan fingerprint density at radius 2 is 0.725 bits per heavy atom. The molecule has 7 rings (SSSR count). The predicted molar refractivity (Wildman–Crippen MR) is 166 cm³/mol. The van der Waals surface area contributed by atoms with E-state index >= 15 is 0 Å². The van der Waals surface area contributed by atoms with Crippen LogP contribution in [0.4, 0.5) is 0 Å². The molecule has 2 heterocycles. The van der Waals surface area contributed by atoms with E-state index in [4.69, 9.17) is 0 Å². The number of hydrogen-bond donors (Lipinski definition) is 0. The van der Waals surface area contributed by atoms with Gasteiger partial charge in [0.15, 0.2) is 0 Å². The summed E-state index contributed by atoms with van der Waals surface area (Å²) in [4.78, 5) is 56.9. The van der Waals surface area contributed by atoms with Crippen LogP contribution < -0.4 is 0 Å².